The van der Waals surface area contributed by atoms with Crippen molar-refractivity contribution < 1.29 is 9.59 Å². The number of aromatic nitrogens is 2. The quantitative estimate of drug-likeness (QED) is 0.825. The summed E-state index contributed by atoms with van der Waals surface area (Å²) in [5.41, 5.74) is 7.51. The number of rotatable bonds is 2. The summed E-state index contributed by atoms with van der Waals surface area (Å²) in [5.74, 6) is -0.00776. The molecule has 21 heavy (non-hydrogen) atoms. The molecule has 0 spiro atoms. The lowest BCUT2D eigenvalue weighted by atomic mass is 10.2. The summed E-state index contributed by atoms with van der Waals surface area (Å²) in [6.07, 6.45) is 0. The number of imide groups is 1. The molecule has 110 valence electrons. The zero-order valence-corrected chi connectivity index (χ0v) is 12.1. The summed E-state index contributed by atoms with van der Waals surface area (Å²) < 4.78 is 1.64. The minimum absolute atomic E-state index is 0.390. The van der Waals surface area contributed by atoms with Crippen molar-refractivity contribution in [2.24, 2.45) is 7.05 Å². The fraction of sp³-hybridized carbons (Fsp3) is 0.214. The topological polar surface area (TPSA) is 93.2 Å². The molecule has 1 aromatic carbocycles. The second kappa shape index (κ2) is 5.66. The highest BCUT2D eigenvalue weighted by Crippen LogP contribution is 2.18. The first-order valence-electron chi connectivity index (χ1n) is 6.36. The van der Waals surface area contributed by atoms with Gasteiger partial charge in [0.25, 0.3) is 0 Å². The molecule has 0 fully saturated rings. The number of hydrogen-bond donors (Lipinski definition) is 2. The Labute approximate surface area is 122 Å². The Morgan fingerprint density at radius 3 is 2.38 bits per heavy atom. The van der Waals surface area contributed by atoms with E-state index in [2.05, 4.69) is 10.4 Å². The highest BCUT2D eigenvalue weighted by molar-refractivity contribution is 6.17. The van der Waals surface area contributed by atoms with Crippen molar-refractivity contribution in [2.75, 3.05) is 16.0 Å². The van der Waals surface area contributed by atoms with Crippen molar-refractivity contribution in [1.82, 2.24) is 9.78 Å². The number of aryl methyl sites for hydroxylation is 2. The third kappa shape index (κ3) is 3.19. The van der Waals surface area contributed by atoms with Crippen molar-refractivity contribution in [3.8, 4) is 0 Å². The standard InChI is InChI=1S/C14H17N5O2/c1-9-8-13(17-18(9)3)16-14(21)19(10(2)20)12-6-4-11(15)5-7-12/h4-8H,15H2,1-3H3,(H,16,17,21). The third-order valence-electron chi connectivity index (χ3n) is 3.02. The first-order valence-corrected chi connectivity index (χ1v) is 6.36. The van der Waals surface area contributed by atoms with E-state index >= 15 is 0 Å². The molecule has 1 aromatic heterocycles. The lowest BCUT2D eigenvalue weighted by molar-refractivity contribution is -0.115. The molecule has 3 N–H and O–H groups in total. The van der Waals surface area contributed by atoms with Crippen molar-refractivity contribution in [2.45, 2.75) is 13.8 Å². The van der Waals surface area contributed by atoms with Gasteiger partial charge in [0.2, 0.25) is 5.91 Å². The molecule has 2 rings (SSSR count). The molecule has 7 heteroatoms. The van der Waals surface area contributed by atoms with E-state index in [1.54, 1.807) is 42.1 Å². The molecule has 0 saturated carbocycles. The number of hydrogen-bond acceptors (Lipinski definition) is 4. The fourth-order valence-electron chi connectivity index (χ4n) is 1.85. The van der Waals surface area contributed by atoms with Crippen LogP contribution in [-0.4, -0.2) is 21.7 Å². The van der Waals surface area contributed by atoms with Crippen LogP contribution in [0.15, 0.2) is 30.3 Å². The maximum absolute atomic E-state index is 12.3. The first-order chi connectivity index (χ1) is 9.88. The Hall–Kier alpha value is -2.83. The van der Waals surface area contributed by atoms with Crippen LogP contribution >= 0.6 is 0 Å². The van der Waals surface area contributed by atoms with Crippen LogP contribution in [0.2, 0.25) is 0 Å². The molecular formula is C14H17N5O2. The second-order valence-corrected chi connectivity index (χ2v) is 4.67. The highest BCUT2D eigenvalue weighted by Gasteiger charge is 2.21. The van der Waals surface area contributed by atoms with Crippen LogP contribution in [0.3, 0.4) is 0 Å². The molecule has 0 bridgehead atoms. The van der Waals surface area contributed by atoms with Gasteiger partial charge in [-0.15, -0.1) is 0 Å². The summed E-state index contributed by atoms with van der Waals surface area (Å²) in [5, 5.41) is 6.73. The zero-order chi connectivity index (χ0) is 15.6. The van der Waals surface area contributed by atoms with E-state index in [9.17, 15) is 9.59 Å². The number of amides is 3. The van der Waals surface area contributed by atoms with Crippen molar-refractivity contribution in [1.29, 1.82) is 0 Å². The van der Waals surface area contributed by atoms with Crippen LogP contribution in [0.25, 0.3) is 0 Å². The molecule has 7 nitrogen and oxygen atoms in total. The fourth-order valence-corrected chi connectivity index (χ4v) is 1.85. The molecule has 3 amide bonds. The van der Waals surface area contributed by atoms with Gasteiger partial charge >= 0.3 is 6.03 Å². The molecule has 1 heterocycles. The number of nitrogen functional groups attached to an aromatic ring is 1. The van der Waals surface area contributed by atoms with E-state index in [1.165, 1.54) is 6.92 Å². The predicted molar refractivity (Wildman–Crippen MR) is 81.0 cm³/mol. The molecule has 0 aliphatic heterocycles. The third-order valence-corrected chi connectivity index (χ3v) is 3.02. The lowest BCUT2D eigenvalue weighted by Crippen LogP contribution is -2.38. The van der Waals surface area contributed by atoms with Crippen LogP contribution in [-0.2, 0) is 11.8 Å². The maximum atomic E-state index is 12.3. The summed E-state index contributed by atoms with van der Waals surface area (Å²) in [7, 11) is 1.77. The van der Waals surface area contributed by atoms with Gasteiger partial charge in [0.1, 0.15) is 0 Å². The van der Waals surface area contributed by atoms with E-state index in [1.807, 2.05) is 6.92 Å². The molecule has 0 radical (unpaired) electrons. The number of carbonyl (C=O) groups excluding carboxylic acids is 2. The van der Waals surface area contributed by atoms with Gasteiger partial charge < -0.3 is 5.73 Å². The van der Waals surface area contributed by atoms with Gasteiger partial charge in [-0.1, -0.05) is 0 Å². The minimum Gasteiger partial charge on any atom is -0.399 e. The Bertz CT molecular complexity index is 656. The Kier molecular flexibility index (Phi) is 3.93. The number of benzene rings is 1. The smallest absolute Gasteiger partial charge is 0.334 e. The minimum atomic E-state index is -0.564. The number of anilines is 3. The Morgan fingerprint density at radius 2 is 1.90 bits per heavy atom. The van der Waals surface area contributed by atoms with Crippen LogP contribution in [0.1, 0.15) is 12.6 Å². The number of carbonyl (C=O) groups is 2. The van der Waals surface area contributed by atoms with Gasteiger partial charge in [0.15, 0.2) is 5.82 Å². The van der Waals surface area contributed by atoms with Crippen LogP contribution < -0.4 is 16.0 Å². The van der Waals surface area contributed by atoms with E-state index in [-0.39, 0.29) is 0 Å². The van der Waals surface area contributed by atoms with E-state index in [0.717, 1.165) is 10.6 Å². The normalized spacial score (nSPS) is 10.2. The van der Waals surface area contributed by atoms with Crippen molar-refractivity contribution >= 4 is 29.1 Å². The molecule has 0 aliphatic carbocycles. The summed E-state index contributed by atoms with van der Waals surface area (Å²) in [6.45, 7) is 3.19. The zero-order valence-electron chi connectivity index (χ0n) is 12.1. The van der Waals surface area contributed by atoms with Gasteiger partial charge in [-0.05, 0) is 31.2 Å². The Morgan fingerprint density at radius 1 is 1.29 bits per heavy atom. The van der Waals surface area contributed by atoms with Crippen molar-refractivity contribution in [3.05, 3.63) is 36.0 Å². The SMILES string of the molecule is CC(=O)N(C(=O)Nc1cc(C)n(C)n1)c1ccc(N)cc1. The number of nitrogens with zero attached hydrogens (tertiary/aromatic N) is 3. The molecule has 0 saturated heterocycles. The summed E-state index contributed by atoms with van der Waals surface area (Å²) >= 11 is 0. The molecule has 0 unspecified atom stereocenters. The second-order valence-electron chi connectivity index (χ2n) is 4.67. The maximum Gasteiger partial charge on any atom is 0.334 e. The molecule has 2 aromatic rings. The van der Waals surface area contributed by atoms with Crippen LogP contribution in [0, 0.1) is 6.92 Å². The van der Waals surface area contributed by atoms with Crippen LogP contribution in [0.4, 0.5) is 22.0 Å². The largest absolute Gasteiger partial charge is 0.399 e. The Balaban J connectivity index is 2.24. The van der Waals surface area contributed by atoms with Gasteiger partial charge in [-0.3, -0.25) is 14.8 Å². The van der Waals surface area contributed by atoms with Crippen molar-refractivity contribution in [3.63, 3.8) is 0 Å². The van der Waals surface area contributed by atoms with Gasteiger partial charge in [0.05, 0.1) is 5.69 Å². The monoisotopic (exact) mass is 287 g/mol. The first kappa shape index (κ1) is 14.6. The summed E-state index contributed by atoms with van der Waals surface area (Å²) in [4.78, 5) is 25.0. The van der Waals surface area contributed by atoms with Gasteiger partial charge in [0, 0.05) is 31.4 Å². The molecule has 0 atom stereocenters. The lowest BCUT2D eigenvalue weighted by Gasteiger charge is -2.19. The predicted octanol–water partition coefficient (Wildman–Crippen LogP) is 1.90. The number of nitrogens with one attached hydrogen (secondary N) is 1. The average molecular weight is 287 g/mol. The van der Waals surface area contributed by atoms with E-state index in [4.69, 9.17) is 5.73 Å². The highest BCUT2D eigenvalue weighted by atomic mass is 16.2. The molecule has 0 aliphatic rings. The average Bonchev–Trinajstić information content (AvgIpc) is 2.70. The number of nitrogens with two attached hydrogens (primary N) is 1. The number of urea groups is 1. The summed E-state index contributed by atoms with van der Waals surface area (Å²) in [6, 6.07) is 7.64. The van der Waals surface area contributed by atoms with Gasteiger partial charge in [-0.2, -0.15) is 5.10 Å². The van der Waals surface area contributed by atoms with E-state index < -0.39 is 11.9 Å². The van der Waals surface area contributed by atoms with E-state index in [0.29, 0.717) is 17.2 Å². The molecular weight excluding hydrogens is 270 g/mol. The van der Waals surface area contributed by atoms with Gasteiger partial charge in [-0.25, -0.2) is 9.69 Å². The van der Waals surface area contributed by atoms with Crippen LogP contribution in [0.5, 0.6) is 0 Å².